The average Bonchev–Trinajstić information content (AvgIpc) is 3.05. The zero-order valence-corrected chi connectivity index (χ0v) is 19.1. The molecule has 1 heterocycles. The number of ether oxygens (including phenoxy) is 2. The van der Waals surface area contributed by atoms with Crippen LogP contribution in [0, 0.1) is 0 Å². The van der Waals surface area contributed by atoms with Gasteiger partial charge in [-0.15, -0.1) is 0 Å². The Hall–Kier alpha value is -3.58. The third kappa shape index (κ3) is 5.26. The molecule has 6 nitrogen and oxygen atoms in total. The van der Waals surface area contributed by atoms with Gasteiger partial charge in [0.25, 0.3) is 11.1 Å². The standard InChI is InChI=1S/C26H23NO5S/c1-17(2)32-24(28)15-27-25(29)23(33-26(27)30)14-19-9-4-6-13-22(19)31-16-20-11-7-10-18-8-3-5-12-21(18)20/h3-14,17H,15-16H2,1-2H3/b23-14+. The van der Waals surface area contributed by atoms with Crippen molar-refractivity contribution in [1.82, 2.24) is 4.90 Å². The molecule has 3 aromatic rings. The molecule has 168 valence electrons. The van der Waals surface area contributed by atoms with Crippen molar-refractivity contribution in [2.45, 2.75) is 26.6 Å². The van der Waals surface area contributed by atoms with Crippen molar-refractivity contribution in [3.8, 4) is 5.75 Å². The highest BCUT2D eigenvalue weighted by molar-refractivity contribution is 8.18. The summed E-state index contributed by atoms with van der Waals surface area (Å²) < 4.78 is 11.2. The minimum atomic E-state index is -0.618. The Morgan fingerprint density at radius 2 is 1.73 bits per heavy atom. The van der Waals surface area contributed by atoms with E-state index in [0.29, 0.717) is 17.9 Å². The van der Waals surface area contributed by atoms with E-state index in [1.54, 1.807) is 19.9 Å². The minimum Gasteiger partial charge on any atom is -0.488 e. The maximum absolute atomic E-state index is 12.7. The van der Waals surface area contributed by atoms with Crippen molar-refractivity contribution in [1.29, 1.82) is 0 Å². The van der Waals surface area contributed by atoms with Crippen LogP contribution in [0.25, 0.3) is 16.8 Å². The second-order valence-electron chi connectivity index (χ2n) is 7.77. The van der Waals surface area contributed by atoms with Crippen LogP contribution < -0.4 is 4.74 Å². The fourth-order valence-electron chi connectivity index (χ4n) is 3.51. The molecular formula is C26H23NO5S. The normalized spacial score (nSPS) is 15.0. The van der Waals surface area contributed by atoms with Crippen molar-refractivity contribution in [3.05, 3.63) is 82.8 Å². The van der Waals surface area contributed by atoms with Gasteiger partial charge < -0.3 is 9.47 Å². The fraction of sp³-hybridized carbons (Fsp3) is 0.192. The van der Waals surface area contributed by atoms with Gasteiger partial charge in [-0.3, -0.25) is 19.3 Å². The Morgan fingerprint density at radius 3 is 2.55 bits per heavy atom. The highest BCUT2D eigenvalue weighted by Crippen LogP contribution is 2.34. The second-order valence-corrected chi connectivity index (χ2v) is 8.76. The molecule has 1 saturated heterocycles. The topological polar surface area (TPSA) is 72.9 Å². The van der Waals surface area contributed by atoms with Crippen LogP contribution in [0.5, 0.6) is 5.75 Å². The molecule has 1 aliphatic rings. The molecule has 33 heavy (non-hydrogen) atoms. The Kier molecular flexibility index (Phi) is 6.79. The van der Waals surface area contributed by atoms with Gasteiger partial charge in [0, 0.05) is 5.56 Å². The Balaban J connectivity index is 1.52. The predicted octanol–water partition coefficient (Wildman–Crippen LogP) is 5.41. The summed E-state index contributed by atoms with van der Waals surface area (Å²) in [6, 6.07) is 21.5. The average molecular weight is 462 g/mol. The lowest BCUT2D eigenvalue weighted by molar-refractivity contribution is -0.149. The monoisotopic (exact) mass is 461 g/mol. The first-order chi connectivity index (χ1) is 15.9. The highest BCUT2D eigenvalue weighted by Gasteiger charge is 2.37. The van der Waals surface area contributed by atoms with Crippen LogP contribution in [0.4, 0.5) is 4.79 Å². The number of fused-ring (bicyclic) bond motifs is 1. The molecular weight excluding hydrogens is 438 g/mol. The summed E-state index contributed by atoms with van der Waals surface area (Å²) in [5.41, 5.74) is 1.72. The zero-order chi connectivity index (χ0) is 23.4. The number of carbonyl (C=O) groups excluding carboxylic acids is 3. The first kappa shape index (κ1) is 22.6. The Labute approximate surface area is 196 Å². The predicted molar refractivity (Wildman–Crippen MR) is 129 cm³/mol. The van der Waals surface area contributed by atoms with Crippen LogP contribution in [-0.4, -0.2) is 34.7 Å². The summed E-state index contributed by atoms with van der Waals surface area (Å²) in [7, 11) is 0. The highest BCUT2D eigenvalue weighted by atomic mass is 32.2. The van der Waals surface area contributed by atoms with Crippen LogP contribution in [0.3, 0.4) is 0 Å². The van der Waals surface area contributed by atoms with Gasteiger partial charge in [0.15, 0.2) is 0 Å². The summed E-state index contributed by atoms with van der Waals surface area (Å²) in [5, 5.41) is 1.75. The SMILES string of the molecule is CC(C)OC(=O)CN1C(=O)S/C(=C/c2ccccc2OCc2cccc3ccccc23)C1=O. The third-order valence-corrected chi connectivity index (χ3v) is 5.90. The molecule has 1 fully saturated rings. The maximum Gasteiger partial charge on any atom is 0.326 e. The number of nitrogens with zero attached hydrogens (tertiary/aromatic N) is 1. The molecule has 4 rings (SSSR count). The van der Waals surface area contributed by atoms with E-state index in [1.165, 1.54) is 0 Å². The summed E-state index contributed by atoms with van der Waals surface area (Å²) in [6.07, 6.45) is 1.30. The van der Waals surface area contributed by atoms with E-state index >= 15 is 0 Å². The number of thioether (sulfide) groups is 1. The second kappa shape index (κ2) is 9.92. The number of para-hydroxylation sites is 1. The molecule has 0 bridgehead atoms. The number of carbonyl (C=O) groups is 3. The van der Waals surface area contributed by atoms with E-state index in [2.05, 4.69) is 18.2 Å². The van der Waals surface area contributed by atoms with Crippen LogP contribution in [0.1, 0.15) is 25.0 Å². The van der Waals surface area contributed by atoms with Crippen LogP contribution >= 0.6 is 11.8 Å². The maximum atomic E-state index is 12.7. The summed E-state index contributed by atoms with van der Waals surface area (Å²) in [4.78, 5) is 38.1. The largest absolute Gasteiger partial charge is 0.488 e. The van der Waals surface area contributed by atoms with Gasteiger partial charge in [-0.25, -0.2) is 0 Å². The molecule has 7 heteroatoms. The molecule has 0 N–H and O–H groups in total. The number of hydrogen-bond donors (Lipinski definition) is 0. The van der Waals surface area contributed by atoms with Crippen molar-refractivity contribution in [3.63, 3.8) is 0 Å². The molecule has 2 amide bonds. The van der Waals surface area contributed by atoms with Gasteiger partial charge in [0.05, 0.1) is 11.0 Å². The molecule has 0 aromatic heterocycles. The van der Waals surface area contributed by atoms with Crippen LogP contribution in [0.2, 0.25) is 0 Å². The molecule has 0 radical (unpaired) electrons. The summed E-state index contributed by atoms with van der Waals surface area (Å²) in [6.45, 7) is 3.37. The van der Waals surface area contributed by atoms with Gasteiger partial charge in [0.1, 0.15) is 18.9 Å². The first-order valence-corrected chi connectivity index (χ1v) is 11.4. The first-order valence-electron chi connectivity index (χ1n) is 10.6. The molecule has 3 aromatic carbocycles. The molecule has 0 atom stereocenters. The fourth-order valence-corrected chi connectivity index (χ4v) is 4.34. The number of benzene rings is 3. The Morgan fingerprint density at radius 1 is 1.00 bits per heavy atom. The van der Waals surface area contributed by atoms with E-state index < -0.39 is 23.7 Å². The van der Waals surface area contributed by atoms with Crippen molar-refractivity contribution in [2.24, 2.45) is 0 Å². The summed E-state index contributed by atoms with van der Waals surface area (Å²) >= 11 is 0.798. The van der Waals surface area contributed by atoms with Crippen molar-refractivity contribution < 1.29 is 23.9 Å². The lowest BCUT2D eigenvalue weighted by atomic mass is 10.1. The molecule has 0 unspecified atom stereocenters. The van der Waals surface area contributed by atoms with Crippen molar-refractivity contribution >= 4 is 45.7 Å². The molecule has 1 aliphatic heterocycles. The van der Waals surface area contributed by atoms with Crippen molar-refractivity contribution in [2.75, 3.05) is 6.54 Å². The van der Waals surface area contributed by atoms with Gasteiger partial charge in [-0.2, -0.15) is 0 Å². The van der Waals surface area contributed by atoms with Crippen LogP contribution in [-0.2, 0) is 20.9 Å². The lowest BCUT2D eigenvalue weighted by Crippen LogP contribution is -2.35. The van der Waals surface area contributed by atoms with Gasteiger partial charge in [-0.05, 0) is 54.1 Å². The molecule has 0 saturated carbocycles. The number of rotatable bonds is 7. The quantitative estimate of drug-likeness (QED) is 0.346. The Bertz CT molecular complexity index is 1240. The van der Waals surface area contributed by atoms with Gasteiger partial charge in [0.2, 0.25) is 0 Å². The van der Waals surface area contributed by atoms with E-state index in [0.717, 1.165) is 33.0 Å². The lowest BCUT2D eigenvalue weighted by Gasteiger charge is -2.13. The summed E-state index contributed by atoms with van der Waals surface area (Å²) in [5.74, 6) is -0.543. The zero-order valence-electron chi connectivity index (χ0n) is 18.3. The number of imide groups is 1. The third-order valence-electron chi connectivity index (χ3n) is 5.00. The molecule has 0 spiro atoms. The minimum absolute atomic E-state index is 0.235. The number of amides is 2. The van der Waals surface area contributed by atoms with E-state index in [9.17, 15) is 14.4 Å². The smallest absolute Gasteiger partial charge is 0.326 e. The van der Waals surface area contributed by atoms with Gasteiger partial charge >= 0.3 is 5.97 Å². The van der Waals surface area contributed by atoms with E-state index in [-0.39, 0.29) is 11.0 Å². The molecule has 0 aliphatic carbocycles. The van der Waals surface area contributed by atoms with E-state index in [4.69, 9.17) is 9.47 Å². The number of hydrogen-bond acceptors (Lipinski definition) is 6. The van der Waals surface area contributed by atoms with Crippen LogP contribution in [0.15, 0.2) is 71.6 Å². The van der Waals surface area contributed by atoms with Gasteiger partial charge in [-0.1, -0.05) is 60.7 Å². The van der Waals surface area contributed by atoms with E-state index in [1.807, 2.05) is 48.5 Å². The number of esters is 1.